The zero-order valence-electron chi connectivity index (χ0n) is 15.3. The number of ether oxygens (including phenoxy) is 2. The molecule has 2 atom stereocenters. The van der Waals surface area contributed by atoms with Crippen molar-refractivity contribution in [1.82, 2.24) is 9.88 Å². The van der Waals surface area contributed by atoms with Crippen LogP contribution in [0.4, 0.5) is 4.79 Å². The van der Waals surface area contributed by atoms with Crippen LogP contribution in [0.5, 0.6) is 5.88 Å². The van der Waals surface area contributed by atoms with Crippen LogP contribution in [0.2, 0.25) is 5.02 Å². The molecule has 1 saturated heterocycles. The third-order valence-corrected chi connectivity index (χ3v) is 4.50. The lowest BCUT2D eigenvalue weighted by Gasteiger charge is -2.26. The summed E-state index contributed by atoms with van der Waals surface area (Å²) < 4.78 is 11.3. The van der Waals surface area contributed by atoms with Crippen LogP contribution in [-0.2, 0) is 9.53 Å². The van der Waals surface area contributed by atoms with Crippen LogP contribution in [0.25, 0.3) is 10.8 Å². The second-order valence-electron chi connectivity index (χ2n) is 7.41. The highest BCUT2D eigenvalue weighted by Crippen LogP contribution is 2.31. The van der Waals surface area contributed by atoms with Crippen molar-refractivity contribution < 1.29 is 24.2 Å². The number of nitrogens with zero attached hydrogens (tertiary/aromatic N) is 2. The van der Waals surface area contributed by atoms with Gasteiger partial charge in [0.05, 0.1) is 6.54 Å². The highest BCUT2D eigenvalue weighted by atomic mass is 35.5. The number of halogens is 1. The molecule has 2 aromatic rings. The van der Waals surface area contributed by atoms with E-state index in [2.05, 4.69) is 4.98 Å². The van der Waals surface area contributed by atoms with Crippen molar-refractivity contribution in [2.45, 2.75) is 44.9 Å². The van der Waals surface area contributed by atoms with Gasteiger partial charge in [-0.15, -0.1) is 0 Å². The summed E-state index contributed by atoms with van der Waals surface area (Å²) in [7, 11) is 0. The van der Waals surface area contributed by atoms with Crippen LogP contribution >= 0.6 is 11.6 Å². The van der Waals surface area contributed by atoms with Crippen LogP contribution in [0.15, 0.2) is 30.5 Å². The first-order valence-electron chi connectivity index (χ1n) is 8.58. The summed E-state index contributed by atoms with van der Waals surface area (Å²) in [4.78, 5) is 29.4. The Morgan fingerprint density at radius 2 is 2.00 bits per heavy atom. The Morgan fingerprint density at radius 1 is 1.26 bits per heavy atom. The molecule has 0 saturated carbocycles. The maximum absolute atomic E-state index is 12.4. The van der Waals surface area contributed by atoms with Gasteiger partial charge in [-0.2, -0.15) is 0 Å². The number of likely N-dealkylation sites (tertiary alicyclic amines) is 1. The smallest absolute Gasteiger partial charge is 0.411 e. The minimum absolute atomic E-state index is 0.102. The summed E-state index contributed by atoms with van der Waals surface area (Å²) in [5.41, 5.74) is -0.715. The Hall–Kier alpha value is -2.54. The molecule has 1 aromatic carbocycles. The molecular weight excluding hydrogens is 372 g/mol. The first-order valence-corrected chi connectivity index (χ1v) is 8.96. The van der Waals surface area contributed by atoms with Gasteiger partial charge in [0.1, 0.15) is 17.7 Å². The number of aliphatic carboxylic acids is 1. The van der Waals surface area contributed by atoms with Gasteiger partial charge in [-0.3, -0.25) is 4.90 Å². The van der Waals surface area contributed by atoms with E-state index in [-0.39, 0.29) is 13.0 Å². The highest BCUT2D eigenvalue weighted by Gasteiger charge is 2.43. The van der Waals surface area contributed by atoms with Crippen molar-refractivity contribution in [3.63, 3.8) is 0 Å². The predicted octanol–water partition coefficient (Wildman–Crippen LogP) is 3.73. The molecule has 7 nitrogen and oxygen atoms in total. The number of hydrogen-bond donors (Lipinski definition) is 1. The normalized spacial score (nSPS) is 19.9. The van der Waals surface area contributed by atoms with Crippen molar-refractivity contribution in [2.24, 2.45) is 0 Å². The Kier molecular flexibility index (Phi) is 5.15. The molecule has 1 N–H and O–H groups in total. The number of carboxylic acid groups (broad SMARTS) is 1. The van der Waals surface area contributed by atoms with Crippen molar-refractivity contribution in [3.8, 4) is 5.88 Å². The maximum Gasteiger partial charge on any atom is 0.411 e. The number of carbonyl (C=O) groups is 2. The monoisotopic (exact) mass is 392 g/mol. The SMILES string of the molecule is CC(C)(C)OC(=O)N1CC(Oc2nccc3c(Cl)cccc23)CC1C(=O)O. The molecule has 0 bridgehead atoms. The van der Waals surface area contributed by atoms with Crippen LogP contribution in [0, 0.1) is 0 Å². The Morgan fingerprint density at radius 3 is 2.67 bits per heavy atom. The number of carboxylic acids is 1. The van der Waals surface area contributed by atoms with E-state index in [1.165, 1.54) is 4.90 Å². The molecule has 0 radical (unpaired) electrons. The quantitative estimate of drug-likeness (QED) is 0.856. The lowest BCUT2D eigenvalue weighted by Crippen LogP contribution is -2.43. The van der Waals surface area contributed by atoms with E-state index in [4.69, 9.17) is 21.1 Å². The molecule has 0 spiro atoms. The number of rotatable bonds is 3. The van der Waals surface area contributed by atoms with E-state index in [0.29, 0.717) is 10.9 Å². The average Bonchev–Trinajstić information content (AvgIpc) is 2.99. The Labute approximate surface area is 161 Å². The molecule has 1 amide bonds. The third-order valence-electron chi connectivity index (χ3n) is 4.17. The van der Waals surface area contributed by atoms with Crippen LogP contribution in [0.1, 0.15) is 27.2 Å². The predicted molar refractivity (Wildman–Crippen MR) is 100 cm³/mol. The highest BCUT2D eigenvalue weighted by molar-refractivity contribution is 6.35. The Bertz CT molecular complexity index is 880. The van der Waals surface area contributed by atoms with Crippen molar-refractivity contribution in [1.29, 1.82) is 0 Å². The van der Waals surface area contributed by atoms with E-state index in [1.807, 2.05) is 6.07 Å². The van der Waals surface area contributed by atoms with E-state index in [9.17, 15) is 14.7 Å². The van der Waals surface area contributed by atoms with Crippen molar-refractivity contribution in [3.05, 3.63) is 35.5 Å². The van der Waals surface area contributed by atoms with Crippen molar-refractivity contribution >= 4 is 34.4 Å². The number of fused-ring (bicyclic) bond motifs is 1. The molecule has 2 heterocycles. The average molecular weight is 393 g/mol. The molecule has 3 rings (SSSR count). The van der Waals surface area contributed by atoms with Crippen molar-refractivity contribution in [2.75, 3.05) is 6.54 Å². The van der Waals surface area contributed by atoms with Crippen LogP contribution in [0.3, 0.4) is 0 Å². The summed E-state index contributed by atoms with van der Waals surface area (Å²) in [5.74, 6) is -0.740. The summed E-state index contributed by atoms with van der Waals surface area (Å²) in [6, 6.07) is 6.17. The largest absolute Gasteiger partial charge is 0.480 e. The molecule has 0 aliphatic carbocycles. The topological polar surface area (TPSA) is 89.0 Å². The van der Waals surface area contributed by atoms with Crippen LogP contribution < -0.4 is 4.74 Å². The zero-order valence-corrected chi connectivity index (χ0v) is 16.1. The molecule has 8 heteroatoms. The lowest BCUT2D eigenvalue weighted by atomic mass is 10.1. The third kappa shape index (κ3) is 4.24. The van der Waals surface area contributed by atoms with Gasteiger partial charge in [0.25, 0.3) is 0 Å². The molecule has 1 aromatic heterocycles. The zero-order chi connectivity index (χ0) is 19.8. The number of benzene rings is 1. The van der Waals surface area contributed by atoms with Gasteiger partial charge in [0, 0.05) is 28.4 Å². The van der Waals surface area contributed by atoms with E-state index in [1.54, 1.807) is 45.2 Å². The summed E-state index contributed by atoms with van der Waals surface area (Å²) in [5, 5.41) is 11.6. The second-order valence-corrected chi connectivity index (χ2v) is 7.82. The minimum Gasteiger partial charge on any atom is -0.480 e. The van der Waals surface area contributed by atoms with Gasteiger partial charge in [0.15, 0.2) is 0 Å². The molecule has 1 fully saturated rings. The standard InChI is InChI=1S/C19H21ClN2O5/c1-19(2,3)27-18(25)22-10-11(9-15(22)17(23)24)26-16-13-5-4-6-14(20)12(13)7-8-21-16/h4-8,11,15H,9-10H2,1-3H3,(H,23,24). The van der Waals surface area contributed by atoms with Gasteiger partial charge < -0.3 is 14.6 Å². The number of carbonyl (C=O) groups excluding carboxylic acids is 1. The fourth-order valence-corrected chi connectivity index (χ4v) is 3.27. The number of aromatic nitrogens is 1. The van der Waals surface area contributed by atoms with Crippen LogP contribution in [-0.4, -0.2) is 51.3 Å². The van der Waals surface area contributed by atoms with E-state index >= 15 is 0 Å². The van der Waals surface area contributed by atoms with E-state index < -0.39 is 29.8 Å². The van der Waals surface area contributed by atoms with Gasteiger partial charge in [-0.05, 0) is 39.0 Å². The molecule has 1 aliphatic heterocycles. The lowest BCUT2D eigenvalue weighted by molar-refractivity contribution is -0.142. The van der Waals surface area contributed by atoms with Gasteiger partial charge in [0.2, 0.25) is 5.88 Å². The number of amides is 1. The summed E-state index contributed by atoms with van der Waals surface area (Å²) in [6.07, 6.45) is 0.539. The molecule has 2 unspecified atom stereocenters. The number of hydrogen-bond acceptors (Lipinski definition) is 5. The summed E-state index contributed by atoms with van der Waals surface area (Å²) in [6.45, 7) is 5.29. The van der Waals surface area contributed by atoms with E-state index in [0.717, 1.165) is 10.8 Å². The van der Waals surface area contributed by atoms with Gasteiger partial charge >= 0.3 is 12.1 Å². The van der Waals surface area contributed by atoms with Gasteiger partial charge in [-0.25, -0.2) is 14.6 Å². The Balaban J connectivity index is 1.82. The molecule has 144 valence electrons. The molecular formula is C19H21ClN2O5. The fourth-order valence-electron chi connectivity index (χ4n) is 3.03. The molecule has 27 heavy (non-hydrogen) atoms. The first-order chi connectivity index (χ1) is 12.7. The second kappa shape index (κ2) is 7.23. The maximum atomic E-state index is 12.4. The minimum atomic E-state index is -1.10. The molecule has 1 aliphatic rings. The first kappa shape index (κ1) is 19.2. The van der Waals surface area contributed by atoms with Gasteiger partial charge in [-0.1, -0.05) is 17.7 Å². The summed E-state index contributed by atoms with van der Waals surface area (Å²) >= 11 is 6.21. The number of pyridine rings is 1. The fraction of sp³-hybridized carbons (Fsp3) is 0.421.